The zero-order valence-electron chi connectivity index (χ0n) is 17.0. The average Bonchev–Trinajstić information content (AvgIpc) is 2.69. The van der Waals surface area contributed by atoms with Crippen molar-refractivity contribution in [2.45, 2.75) is 56.8 Å². The third-order valence-electron chi connectivity index (χ3n) is 4.95. The predicted molar refractivity (Wildman–Crippen MR) is 117 cm³/mol. The van der Waals surface area contributed by atoms with Gasteiger partial charge in [0.1, 0.15) is 5.75 Å². The lowest BCUT2D eigenvalue weighted by atomic mass is 10.0. The third kappa shape index (κ3) is 7.20. The first-order valence-corrected chi connectivity index (χ1v) is 12.8. The largest absolute Gasteiger partial charge is 0.481 e. The van der Waals surface area contributed by atoms with Crippen LogP contribution in [-0.2, 0) is 14.8 Å². The topological polar surface area (TPSA) is 75.7 Å². The van der Waals surface area contributed by atoms with Gasteiger partial charge in [0.25, 0.3) is 5.91 Å². The minimum atomic E-state index is -3.30. The summed E-state index contributed by atoms with van der Waals surface area (Å²) in [5, 5.41) is 3.71. The Kier molecular flexibility index (Phi) is 8.95. The summed E-state index contributed by atoms with van der Waals surface area (Å²) in [5.41, 5.74) is 0.548. The molecule has 158 valence electrons. The molecule has 1 N–H and O–H groups in total. The molecule has 0 spiro atoms. The van der Waals surface area contributed by atoms with E-state index in [-0.39, 0.29) is 5.91 Å². The van der Waals surface area contributed by atoms with E-state index in [1.54, 1.807) is 24.3 Å². The molecule has 8 heteroatoms. The van der Waals surface area contributed by atoms with Gasteiger partial charge in [-0.3, -0.25) is 9.10 Å². The summed E-state index contributed by atoms with van der Waals surface area (Å²) in [6, 6.07) is 6.71. The van der Waals surface area contributed by atoms with Crippen molar-refractivity contribution < 1.29 is 17.9 Å². The normalized spacial score (nSPS) is 16.4. The van der Waals surface area contributed by atoms with Crippen molar-refractivity contribution in [3.05, 3.63) is 24.3 Å². The Morgan fingerprint density at radius 2 is 1.89 bits per heavy atom. The Bertz CT molecular complexity index is 716. The van der Waals surface area contributed by atoms with Crippen molar-refractivity contribution in [2.24, 2.45) is 0 Å². The van der Waals surface area contributed by atoms with Gasteiger partial charge in [-0.05, 0) is 43.5 Å². The molecule has 1 amide bonds. The van der Waals surface area contributed by atoms with E-state index in [2.05, 4.69) is 5.32 Å². The SMILES string of the molecule is CC[C@H](Oc1ccc(N(C)S(C)(=O)=O)cc1)C(=O)NCCSC1CCCCC1. The number of rotatable bonds is 10. The molecule has 1 aliphatic carbocycles. The summed E-state index contributed by atoms with van der Waals surface area (Å²) in [6.45, 7) is 2.56. The minimum Gasteiger partial charge on any atom is -0.481 e. The number of amides is 1. The smallest absolute Gasteiger partial charge is 0.261 e. The van der Waals surface area contributed by atoms with Gasteiger partial charge in [0.05, 0.1) is 11.9 Å². The van der Waals surface area contributed by atoms with Crippen molar-refractivity contribution >= 4 is 33.4 Å². The highest BCUT2D eigenvalue weighted by Crippen LogP contribution is 2.27. The maximum Gasteiger partial charge on any atom is 0.261 e. The summed E-state index contributed by atoms with van der Waals surface area (Å²) < 4.78 is 30.2. The summed E-state index contributed by atoms with van der Waals surface area (Å²) in [7, 11) is -1.81. The molecule has 1 aliphatic rings. The lowest BCUT2D eigenvalue weighted by Crippen LogP contribution is -2.39. The molecule has 1 saturated carbocycles. The van der Waals surface area contributed by atoms with E-state index in [4.69, 9.17) is 4.74 Å². The van der Waals surface area contributed by atoms with Crippen LogP contribution in [0.3, 0.4) is 0 Å². The Morgan fingerprint density at radius 3 is 2.46 bits per heavy atom. The second kappa shape index (κ2) is 11.0. The summed E-state index contributed by atoms with van der Waals surface area (Å²) in [5.74, 6) is 1.37. The first-order chi connectivity index (χ1) is 13.3. The molecular weight excluding hydrogens is 396 g/mol. The molecule has 28 heavy (non-hydrogen) atoms. The van der Waals surface area contributed by atoms with E-state index >= 15 is 0 Å². The second-order valence-electron chi connectivity index (χ2n) is 7.16. The first-order valence-electron chi connectivity index (χ1n) is 9.91. The number of hydrogen-bond donors (Lipinski definition) is 1. The third-order valence-corrected chi connectivity index (χ3v) is 7.53. The van der Waals surface area contributed by atoms with Crippen molar-refractivity contribution in [1.82, 2.24) is 5.32 Å². The first kappa shape index (κ1) is 22.9. The molecule has 0 bridgehead atoms. The number of nitrogens with zero attached hydrogens (tertiary/aromatic N) is 1. The van der Waals surface area contributed by atoms with Gasteiger partial charge >= 0.3 is 0 Å². The number of benzene rings is 1. The summed E-state index contributed by atoms with van der Waals surface area (Å²) in [6.07, 6.45) is 7.76. The average molecular weight is 429 g/mol. The van der Waals surface area contributed by atoms with Gasteiger partial charge < -0.3 is 10.1 Å². The Morgan fingerprint density at radius 1 is 1.25 bits per heavy atom. The monoisotopic (exact) mass is 428 g/mol. The maximum absolute atomic E-state index is 12.4. The maximum atomic E-state index is 12.4. The zero-order valence-corrected chi connectivity index (χ0v) is 18.7. The van der Waals surface area contributed by atoms with E-state index in [0.29, 0.717) is 24.4 Å². The number of thioether (sulfide) groups is 1. The van der Waals surface area contributed by atoms with Crippen molar-refractivity contribution in [1.29, 1.82) is 0 Å². The van der Waals surface area contributed by atoms with Crippen LogP contribution in [0.4, 0.5) is 5.69 Å². The van der Waals surface area contributed by atoms with Gasteiger partial charge in [0, 0.05) is 24.6 Å². The van der Waals surface area contributed by atoms with Gasteiger partial charge in [-0.25, -0.2) is 8.42 Å². The van der Waals surface area contributed by atoms with Crippen molar-refractivity contribution in [2.75, 3.05) is 29.9 Å². The highest BCUT2D eigenvalue weighted by molar-refractivity contribution is 7.99. The molecule has 1 aromatic rings. The van der Waals surface area contributed by atoms with Crippen LogP contribution < -0.4 is 14.4 Å². The van der Waals surface area contributed by atoms with Crippen LogP contribution in [0.5, 0.6) is 5.75 Å². The van der Waals surface area contributed by atoms with Crippen LogP contribution in [0, 0.1) is 0 Å². The minimum absolute atomic E-state index is 0.107. The number of ether oxygens (including phenoxy) is 1. The molecule has 6 nitrogen and oxygen atoms in total. The zero-order chi connectivity index (χ0) is 20.6. The molecule has 0 heterocycles. The number of carbonyl (C=O) groups excluding carboxylic acids is 1. The lowest BCUT2D eigenvalue weighted by molar-refractivity contribution is -0.127. The van der Waals surface area contributed by atoms with E-state index in [1.807, 2.05) is 18.7 Å². The summed E-state index contributed by atoms with van der Waals surface area (Å²) >= 11 is 1.96. The number of anilines is 1. The van der Waals surface area contributed by atoms with Gasteiger partial charge in [-0.1, -0.05) is 26.2 Å². The highest BCUT2D eigenvalue weighted by Gasteiger charge is 2.19. The second-order valence-corrected chi connectivity index (χ2v) is 10.6. The van der Waals surface area contributed by atoms with Crippen LogP contribution in [0.25, 0.3) is 0 Å². The summed E-state index contributed by atoms with van der Waals surface area (Å²) in [4.78, 5) is 12.4. The molecule has 0 unspecified atom stereocenters. The Balaban J connectivity index is 1.79. The van der Waals surface area contributed by atoms with Gasteiger partial charge in [-0.15, -0.1) is 0 Å². The fourth-order valence-corrected chi connectivity index (χ4v) is 4.88. The highest BCUT2D eigenvalue weighted by atomic mass is 32.2. The molecule has 0 aromatic heterocycles. The van der Waals surface area contributed by atoms with E-state index in [9.17, 15) is 13.2 Å². The van der Waals surface area contributed by atoms with E-state index < -0.39 is 16.1 Å². The quantitative estimate of drug-likeness (QED) is 0.578. The Labute approximate surface area is 173 Å². The molecule has 1 atom stereocenters. The molecule has 1 fully saturated rings. The molecule has 0 saturated heterocycles. The molecule has 2 rings (SSSR count). The Hall–Kier alpha value is -1.41. The van der Waals surface area contributed by atoms with Crippen LogP contribution >= 0.6 is 11.8 Å². The van der Waals surface area contributed by atoms with Gasteiger partial charge in [-0.2, -0.15) is 11.8 Å². The fourth-order valence-electron chi connectivity index (χ4n) is 3.16. The molecular formula is C20H32N2O4S2. The molecule has 0 aliphatic heterocycles. The van der Waals surface area contributed by atoms with E-state index in [0.717, 1.165) is 17.3 Å². The standard InChI is InChI=1S/C20H32N2O4S2/c1-4-19(20(23)21-14-15-27-18-8-6-5-7-9-18)26-17-12-10-16(11-13-17)22(2)28(3,24)25/h10-13,18-19H,4-9,14-15H2,1-3H3,(H,21,23)/t19-/m0/s1. The molecule has 0 radical (unpaired) electrons. The molecule has 1 aromatic carbocycles. The van der Waals surface area contributed by atoms with Crippen molar-refractivity contribution in [3.8, 4) is 5.75 Å². The van der Waals surface area contributed by atoms with E-state index in [1.165, 1.54) is 43.5 Å². The van der Waals surface area contributed by atoms with Gasteiger partial charge in [0.2, 0.25) is 10.0 Å². The number of sulfonamides is 1. The van der Waals surface area contributed by atoms with Gasteiger partial charge in [0.15, 0.2) is 6.10 Å². The number of nitrogens with one attached hydrogen (secondary N) is 1. The fraction of sp³-hybridized carbons (Fsp3) is 0.650. The predicted octanol–water partition coefficient (Wildman–Crippen LogP) is 3.42. The number of carbonyl (C=O) groups is 1. The van der Waals surface area contributed by atoms with Crippen LogP contribution in [-0.4, -0.2) is 51.3 Å². The number of hydrogen-bond acceptors (Lipinski definition) is 5. The van der Waals surface area contributed by atoms with Crippen molar-refractivity contribution in [3.63, 3.8) is 0 Å². The van der Waals surface area contributed by atoms with Crippen LogP contribution in [0.15, 0.2) is 24.3 Å². The lowest BCUT2D eigenvalue weighted by Gasteiger charge is -2.21. The van der Waals surface area contributed by atoms with Crippen LogP contribution in [0.1, 0.15) is 45.4 Å². The van der Waals surface area contributed by atoms with Crippen LogP contribution in [0.2, 0.25) is 0 Å².